The summed E-state index contributed by atoms with van der Waals surface area (Å²) in [5.74, 6) is 0. The normalized spacial score (nSPS) is 16.4. The molecule has 0 N–H and O–H groups in total. The van der Waals surface area contributed by atoms with Crippen molar-refractivity contribution in [3.05, 3.63) is 420 Å². The zero-order valence-electron chi connectivity index (χ0n) is 60.2. The molecule has 0 bridgehead atoms. The summed E-state index contributed by atoms with van der Waals surface area (Å²) in [6.45, 7) is 8.14. The van der Waals surface area contributed by atoms with E-state index in [1.165, 1.54) is 11.1 Å². The molecule has 0 saturated carbocycles. The minimum Gasteiger partial charge on any atom is -0.310 e. The first-order valence-electron chi connectivity index (χ1n) is 35.9. The van der Waals surface area contributed by atoms with Gasteiger partial charge in [0.2, 0.25) is 0 Å². The maximum absolute atomic E-state index is 8.88. The lowest BCUT2D eigenvalue weighted by atomic mass is 9.67. The number of hydrogen-bond donors (Lipinski definition) is 0. The van der Waals surface area contributed by atoms with Gasteiger partial charge in [0.25, 0.3) is 0 Å². The first kappa shape index (κ1) is 45.4. The molecule has 2 heteroatoms. The highest BCUT2D eigenvalue weighted by atomic mass is 15.1. The Hall–Kier alpha value is -11.8. The molecule has 0 fully saturated rings. The van der Waals surface area contributed by atoms with E-state index >= 15 is 0 Å². The van der Waals surface area contributed by atoms with E-state index in [0.29, 0.717) is 11.1 Å². The van der Waals surface area contributed by atoms with Gasteiger partial charge in [0.15, 0.2) is 0 Å². The van der Waals surface area contributed by atoms with Crippen LogP contribution in [0.4, 0.5) is 34.1 Å². The Morgan fingerprint density at radius 1 is 0.250 bits per heavy atom. The smallest absolute Gasteiger partial charge is 0.0714 e. The van der Waals surface area contributed by atoms with Crippen LogP contribution >= 0.6 is 0 Å². The summed E-state index contributed by atoms with van der Waals surface area (Å²) in [5, 5.41) is 0. The minimum atomic E-state index is -0.722. The predicted molar refractivity (Wildman–Crippen MR) is 387 cm³/mol. The van der Waals surface area contributed by atoms with Crippen LogP contribution in [0.1, 0.15) is 69.3 Å². The summed E-state index contributed by atoms with van der Waals surface area (Å²) in [7, 11) is 0. The summed E-state index contributed by atoms with van der Waals surface area (Å²) >= 11 is 0. The largest absolute Gasteiger partial charge is 0.310 e. The lowest BCUT2D eigenvalue weighted by Gasteiger charge is -2.35. The van der Waals surface area contributed by atoms with Crippen LogP contribution in [0.15, 0.2) is 365 Å². The maximum Gasteiger partial charge on any atom is 0.0714 e. The van der Waals surface area contributed by atoms with Crippen molar-refractivity contribution >= 4 is 46.3 Å². The van der Waals surface area contributed by atoms with Gasteiger partial charge in [0.05, 0.1) is 24.5 Å². The number of benzene rings is 14. The standard InChI is InChI=1S/C90H64N2/c1-3-63-33-45-73(46-34-63)89(71-25-13-7-14-26-71)85-31-19-17-29-81(85)83-59-57-79(61-87(83)89)91(75-49-37-67(38-50-75)65-21-9-5-10-22-65)77-53-41-69(42-54-77)70-43-55-78(56-44-70)92(76-51-39-68(40-52-76)66-23-11-6-12-24-66)80-58-60-84-82-30-18-20-32-86(82)90(88(84)62-80,72-27-15-8-16-28-72)74-47-35-64(4-2)36-48-74/h3-62H,1-2H2/i5D,6D,9D,10D,11D,12D,21D,22D,23D,24D. The number of anilines is 6. The minimum absolute atomic E-state index is 0.127. The number of fused-ring (bicyclic) bond motifs is 6. The van der Waals surface area contributed by atoms with Crippen molar-refractivity contribution in [2.45, 2.75) is 10.8 Å². The van der Waals surface area contributed by atoms with Crippen molar-refractivity contribution in [2.24, 2.45) is 0 Å². The van der Waals surface area contributed by atoms with Gasteiger partial charge < -0.3 is 9.80 Å². The zero-order valence-corrected chi connectivity index (χ0v) is 50.2. The Balaban J connectivity index is 0.828. The summed E-state index contributed by atoms with van der Waals surface area (Å²) in [6, 6.07) is 97.8. The molecule has 14 aromatic rings. The first-order chi connectivity index (χ1) is 49.6. The quantitative estimate of drug-likeness (QED) is 0.101. The van der Waals surface area contributed by atoms with Crippen molar-refractivity contribution in [3.8, 4) is 55.6 Å². The van der Waals surface area contributed by atoms with Crippen LogP contribution in [-0.4, -0.2) is 0 Å². The monoisotopic (exact) mass is 1180 g/mol. The molecule has 2 unspecified atom stereocenters. The Morgan fingerprint density at radius 3 is 0.870 bits per heavy atom. The summed E-state index contributed by atoms with van der Waals surface area (Å²) in [4.78, 5) is 4.41. The third kappa shape index (κ3) is 9.26. The van der Waals surface area contributed by atoms with E-state index in [1.807, 2.05) is 72.8 Å². The second-order valence-electron chi connectivity index (χ2n) is 23.3. The van der Waals surface area contributed by atoms with E-state index in [1.54, 1.807) is 0 Å². The fourth-order valence-electron chi connectivity index (χ4n) is 14.3. The maximum atomic E-state index is 8.88. The molecule has 0 radical (unpaired) electrons. The van der Waals surface area contributed by atoms with Gasteiger partial charge in [0.1, 0.15) is 0 Å². The van der Waals surface area contributed by atoms with E-state index < -0.39 is 47.1 Å². The number of rotatable bonds is 15. The van der Waals surface area contributed by atoms with Crippen molar-refractivity contribution < 1.29 is 13.7 Å². The second-order valence-corrected chi connectivity index (χ2v) is 23.3. The van der Waals surface area contributed by atoms with Gasteiger partial charge in [-0.1, -0.05) is 304 Å². The van der Waals surface area contributed by atoms with E-state index in [0.717, 1.165) is 112 Å². The summed E-state index contributed by atoms with van der Waals surface area (Å²) in [5.41, 5.74) is 22.3. The van der Waals surface area contributed by atoms with Gasteiger partial charge in [-0.05, 0) is 184 Å². The molecule has 92 heavy (non-hydrogen) atoms. The second kappa shape index (κ2) is 23.3. The average molecular weight is 1180 g/mol. The molecule has 434 valence electrons. The van der Waals surface area contributed by atoms with Crippen LogP contribution in [0.5, 0.6) is 0 Å². The summed E-state index contributed by atoms with van der Waals surface area (Å²) in [6.07, 6.45) is 3.72. The van der Waals surface area contributed by atoms with Crippen molar-refractivity contribution in [1.82, 2.24) is 0 Å². The fourth-order valence-corrected chi connectivity index (χ4v) is 14.3. The van der Waals surface area contributed by atoms with Gasteiger partial charge in [0, 0.05) is 34.1 Å². The molecule has 2 aliphatic rings. The molecule has 0 aromatic heterocycles. The van der Waals surface area contributed by atoms with Gasteiger partial charge >= 0.3 is 0 Å². The lowest BCUT2D eigenvalue weighted by molar-refractivity contribution is 0.768. The Labute approximate surface area is 554 Å². The molecule has 0 heterocycles. The lowest BCUT2D eigenvalue weighted by Crippen LogP contribution is -2.28. The van der Waals surface area contributed by atoms with E-state index in [9.17, 15) is 0 Å². The highest BCUT2D eigenvalue weighted by molar-refractivity contribution is 5.92. The highest BCUT2D eigenvalue weighted by Crippen LogP contribution is 2.59. The molecular formula is C90H64N2. The van der Waals surface area contributed by atoms with Crippen LogP contribution in [0.2, 0.25) is 0 Å². The van der Waals surface area contributed by atoms with Crippen LogP contribution in [0.25, 0.3) is 67.8 Å². The van der Waals surface area contributed by atoms with E-state index in [-0.39, 0.29) is 35.3 Å². The van der Waals surface area contributed by atoms with Gasteiger partial charge in [-0.15, -0.1) is 0 Å². The molecule has 2 aliphatic carbocycles. The molecule has 0 spiro atoms. The third-order valence-electron chi connectivity index (χ3n) is 18.6. The molecule has 0 saturated heterocycles. The SMILES string of the molecule is [2H]c1c([2H])c([2H])c(-c2ccc(N(c3ccc(-c4ccc(N(c5ccc(-c6c([2H])c([2H])c([2H])c([2H])c6[2H])cc5)c5ccc6c(c5)C(c5ccccc5)(c5ccc(C=C)cc5)c5ccccc5-6)cc4)cc3)c3ccc4c(c3)C(c3ccccc3)(c3ccc(C=C)cc3)c3ccccc3-4)cc2)c([2H])c1[2H]. The average Bonchev–Trinajstić information content (AvgIpc) is 1.53. The summed E-state index contributed by atoms with van der Waals surface area (Å²) < 4.78 is 86.2. The first-order valence-corrected chi connectivity index (χ1v) is 30.9. The predicted octanol–water partition coefficient (Wildman–Crippen LogP) is 23.6. The Kier molecular flexibility index (Phi) is 11.5. The highest BCUT2D eigenvalue weighted by Gasteiger charge is 2.48. The van der Waals surface area contributed by atoms with Gasteiger partial charge in [-0.2, -0.15) is 0 Å². The van der Waals surface area contributed by atoms with Crippen molar-refractivity contribution in [1.29, 1.82) is 0 Å². The molecule has 16 rings (SSSR count). The van der Waals surface area contributed by atoms with Crippen LogP contribution in [0.3, 0.4) is 0 Å². The van der Waals surface area contributed by atoms with E-state index in [4.69, 9.17) is 13.7 Å². The Morgan fingerprint density at radius 2 is 0.533 bits per heavy atom. The Bertz CT molecular complexity index is 5240. The number of nitrogens with zero attached hydrogens (tertiary/aromatic N) is 2. The van der Waals surface area contributed by atoms with Crippen LogP contribution in [-0.2, 0) is 10.8 Å². The molecule has 2 atom stereocenters. The van der Waals surface area contributed by atoms with Gasteiger partial charge in [-0.3, -0.25) is 0 Å². The molecule has 2 nitrogen and oxygen atoms in total. The van der Waals surface area contributed by atoms with Gasteiger partial charge in [-0.25, -0.2) is 0 Å². The number of hydrogen-bond acceptors (Lipinski definition) is 2. The zero-order chi connectivity index (χ0) is 70.3. The topological polar surface area (TPSA) is 6.48 Å². The van der Waals surface area contributed by atoms with Crippen LogP contribution < -0.4 is 9.80 Å². The fraction of sp³-hybridized carbons (Fsp3) is 0.0222. The molecule has 0 amide bonds. The van der Waals surface area contributed by atoms with Crippen molar-refractivity contribution in [3.63, 3.8) is 0 Å². The molecule has 14 aromatic carbocycles. The van der Waals surface area contributed by atoms with Crippen LogP contribution in [0, 0.1) is 0 Å². The van der Waals surface area contributed by atoms with Crippen molar-refractivity contribution in [2.75, 3.05) is 9.80 Å². The molecule has 0 aliphatic heterocycles. The molecular weight excluding hydrogens is 1110 g/mol. The van der Waals surface area contributed by atoms with E-state index in [2.05, 4.69) is 253 Å². The third-order valence-corrected chi connectivity index (χ3v) is 18.6.